The normalized spacial score (nSPS) is 10.4. The largest absolute Gasteiger partial charge is 0.399 e. The smallest absolute Gasteiger partial charge is 0.0314 e. The van der Waals surface area contributed by atoms with E-state index in [4.69, 9.17) is 22.9 Å². The van der Waals surface area contributed by atoms with Crippen LogP contribution in [0.2, 0.25) is 0 Å². The third-order valence-corrected chi connectivity index (χ3v) is 6.75. The molecule has 0 aliphatic heterocycles. The Balaban J connectivity index is 0.000000161. The average Bonchev–Trinajstić information content (AvgIpc) is 2.99. The van der Waals surface area contributed by atoms with Gasteiger partial charge in [-0.1, -0.05) is 97.1 Å². The number of benzene rings is 6. The van der Waals surface area contributed by atoms with Crippen LogP contribution in [-0.2, 0) is 0 Å². The van der Waals surface area contributed by atoms with Crippen molar-refractivity contribution in [3.8, 4) is 44.5 Å². The summed E-state index contributed by atoms with van der Waals surface area (Å²) in [6, 6.07) is 48.6. The zero-order valence-electron chi connectivity index (χ0n) is 22.2. The first-order valence-electron chi connectivity index (χ1n) is 13.1. The van der Waals surface area contributed by atoms with Crippen molar-refractivity contribution < 1.29 is 0 Å². The Morgan fingerprint density at radius 3 is 0.400 bits per heavy atom. The SMILES string of the molecule is Nc1ccc(-c2ccc(-c3ccc(N)cc3)cc2)cc1.Nc1ccc(-c2ccc(-c3ccc(N)cc3)cc2)cc1. The molecule has 4 heteroatoms. The van der Waals surface area contributed by atoms with Gasteiger partial charge in [0, 0.05) is 22.7 Å². The lowest BCUT2D eigenvalue weighted by atomic mass is 10.00. The van der Waals surface area contributed by atoms with Crippen molar-refractivity contribution in [2.24, 2.45) is 0 Å². The molecule has 0 fully saturated rings. The Morgan fingerprint density at radius 2 is 0.275 bits per heavy atom. The van der Waals surface area contributed by atoms with E-state index in [0.717, 1.165) is 22.7 Å². The maximum Gasteiger partial charge on any atom is 0.0314 e. The van der Waals surface area contributed by atoms with E-state index >= 15 is 0 Å². The highest BCUT2D eigenvalue weighted by molar-refractivity contribution is 5.73. The molecule has 4 nitrogen and oxygen atoms in total. The van der Waals surface area contributed by atoms with Crippen LogP contribution in [0.3, 0.4) is 0 Å². The molecule has 0 atom stereocenters. The van der Waals surface area contributed by atoms with Crippen molar-refractivity contribution in [1.29, 1.82) is 0 Å². The predicted octanol–water partition coefficient (Wildman–Crippen LogP) is 8.37. The van der Waals surface area contributed by atoms with Crippen molar-refractivity contribution in [3.63, 3.8) is 0 Å². The number of nitrogen functional groups attached to an aromatic ring is 4. The van der Waals surface area contributed by atoms with Crippen molar-refractivity contribution in [3.05, 3.63) is 146 Å². The van der Waals surface area contributed by atoms with Gasteiger partial charge in [-0.15, -0.1) is 0 Å². The number of hydrogen-bond donors (Lipinski definition) is 4. The monoisotopic (exact) mass is 520 g/mol. The third-order valence-electron chi connectivity index (χ3n) is 6.75. The first-order chi connectivity index (χ1) is 19.4. The fourth-order valence-corrected chi connectivity index (χ4v) is 4.41. The van der Waals surface area contributed by atoms with Crippen LogP contribution in [0, 0.1) is 0 Å². The van der Waals surface area contributed by atoms with Crippen molar-refractivity contribution in [2.45, 2.75) is 0 Å². The van der Waals surface area contributed by atoms with Gasteiger partial charge in [0.15, 0.2) is 0 Å². The molecule has 0 radical (unpaired) electrons. The molecule has 0 heterocycles. The lowest BCUT2D eigenvalue weighted by molar-refractivity contribution is 1.58. The van der Waals surface area contributed by atoms with Gasteiger partial charge in [-0.25, -0.2) is 0 Å². The highest BCUT2D eigenvalue weighted by Gasteiger charge is 2.02. The third kappa shape index (κ3) is 6.50. The Kier molecular flexibility index (Phi) is 7.79. The van der Waals surface area contributed by atoms with Gasteiger partial charge in [0.25, 0.3) is 0 Å². The average molecular weight is 521 g/mol. The van der Waals surface area contributed by atoms with Crippen molar-refractivity contribution >= 4 is 22.7 Å². The number of rotatable bonds is 4. The van der Waals surface area contributed by atoms with Crippen LogP contribution >= 0.6 is 0 Å². The molecule has 0 amide bonds. The summed E-state index contributed by atoms with van der Waals surface area (Å²) in [6.45, 7) is 0. The van der Waals surface area contributed by atoms with Crippen LogP contribution in [0.1, 0.15) is 0 Å². The van der Waals surface area contributed by atoms with E-state index in [1.807, 2.05) is 97.1 Å². The molecule has 0 saturated heterocycles. The fraction of sp³-hybridized carbons (Fsp3) is 0. The number of nitrogens with two attached hydrogens (primary N) is 4. The van der Waals surface area contributed by atoms with Crippen LogP contribution in [0.15, 0.2) is 146 Å². The van der Waals surface area contributed by atoms with E-state index < -0.39 is 0 Å². The zero-order valence-corrected chi connectivity index (χ0v) is 22.2. The molecule has 196 valence electrons. The molecular weight excluding hydrogens is 488 g/mol. The van der Waals surface area contributed by atoms with E-state index in [1.54, 1.807) is 0 Å². The van der Waals surface area contributed by atoms with Gasteiger partial charge in [0.1, 0.15) is 0 Å². The predicted molar refractivity (Wildman–Crippen MR) is 172 cm³/mol. The van der Waals surface area contributed by atoms with Crippen LogP contribution in [0.5, 0.6) is 0 Å². The van der Waals surface area contributed by atoms with Crippen molar-refractivity contribution in [1.82, 2.24) is 0 Å². The van der Waals surface area contributed by atoms with E-state index in [2.05, 4.69) is 48.5 Å². The van der Waals surface area contributed by atoms with Gasteiger partial charge >= 0.3 is 0 Å². The topological polar surface area (TPSA) is 104 Å². The van der Waals surface area contributed by atoms with Crippen LogP contribution in [0.25, 0.3) is 44.5 Å². The van der Waals surface area contributed by atoms with E-state index in [0.29, 0.717) is 0 Å². The summed E-state index contributed by atoms with van der Waals surface area (Å²) in [7, 11) is 0. The second kappa shape index (κ2) is 11.9. The molecule has 0 aliphatic rings. The minimum atomic E-state index is 0.784. The quantitative estimate of drug-likeness (QED) is 0.175. The first-order valence-corrected chi connectivity index (χ1v) is 13.1. The molecule has 0 aliphatic carbocycles. The van der Waals surface area contributed by atoms with Gasteiger partial charge in [-0.2, -0.15) is 0 Å². The van der Waals surface area contributed by atoms with E-state index in [1.165, 1.54) is 44.5 Å². The molecule has 0 spiro atoms. The lowest BCUT2D eigenvalue weighted by Crippen LogP contribution is -1.85. The Bertz CT molecular complexity index is 1390. The Hall–Kier alpha value is -5.48. The summed E-state index contributed by atoms with van der Waals surface area (Å²) in [5, 5.41) is 0. The summed E-state index contributed by atoms with van der Waals surface area (Å²) in [4.78, 5) is 0. The minimum Gasteiger partial charge on any atom is -0.399 e. The fourth-order valence-electron chi connectivity index (χ4n) is 4.41. The van der Waals surface area contributed by atoms with Gasteiger partial charge in [-0.05, 0) is 93.0 Å². The number of anilines is 4. The van der Waals surface area contributed by atoms with Gasteiger partial charge in [0.2, 0.25) is 0 Å². The van der Waals surface area contributed by atoms with Gasteiger partial charge in [-0.3, -0.25) is 0 Å². The summed E-state index contributed by atoms with van der Waals surface area (Å²) in [6.07, 6.45) is 0. The molecule has 40 heavy (non-hydrogen) atoms. The zero-order chi connectivity index (χ0) is 27.9. The summed E-state index contributed by atoms with van der Waals surface area (Å²) >= 11 is 0. The first kappa shape index (κ1) is 26.1. The maximum atomic E-state index is 5.71. The molecule has 8 N–H and O–H groups in total. The standard InChI is InChI=1S/2C18H16N2/c2*19-17-9-5-15(6-10-17)13-1-2-14(4-3-13)16-7-11-18(20)12-8-16/h2*1-12H,19-20H2. The molecule has 0 saturated carbocycles. The molecule has 6 aromatic carbocycles. The molecule has 6 aromatic rings. The van der Waals surface area contributed by atoms with Crippen molar-refractivity contribution in [2.75, 3.05) is 22.9 Å². The second-order valence-corrected chi connectivity index (χ2v) is 9.64. The summed E-state index contributed by atoms with van der Waals surface area (Å²) < 4.78 is 0. The van der Waals surface area contributed by atoms with Gasteiger partial charge < -0.3 is 22.9 Å². The van der Waals surface area contributed by atoms with E-state index in [-0.39, 0.29) is 0 Å². The molecular formula is C36H32N4. The molecule has 0 aromatic heterocycles. The molecule has 6 rings (SSSR count). The molecule has 0 unspecified atom stereocenters. The minimum absolute atomic E-state index is 0.784. The van der Waals surface area contributed by atoms with Crippen LogP contribution in [-0.4, -0.2) is 0 Å². The Morgan fingerprint density at radius 1 is 0.175 bits per heavy atom. The molecule has 0 bridgehead atoms. The van der Waals surface area contributed by atoms with E-state index in [9.17, 15) is 0 Å². The highest BCUT2D eigenvalue weighted by atomic mass is 14.5. The van der Waals surface area contributed by atoms with Crippen LogP contribution in [0.4, 0.5) is 22.7 Å². The second-order valence-electron chi connectivity index (χ2n) is 9.64. The highest BCUT2D eigenvalue weighted by Crippen LogP contribution is 2.27. The maximum absolute atomic E-state index is 5.71. The van der Waals surface area contributed by atoms with Crippen LogP contribution < -0.4 is 22.9 Å². The Labute approximate surface area is 235 Å². The summed E-state index contributed by atoms with van der Waals surface area (Å²) in [5.41, 5.74) is 35.4. The summed E-state index contributed by atoms with van der Waals surface area (Å²) in [5.74, 6) is 0. The number of hydrogen-bond acceptors (Lipinski definition) is 4. The lowest BCUT2D eigenvalue weighted by Gasteiger charge is -2.06. The van der Waals surface area contributed by atoms with Gasteiger partial charge in [0.05, 0.1) is 0 Å².